The second-order valence-corrected chi connectivity index (χ2v) is 4.97. The van der Waals surface area contributed by atoms with Gasteiger partial charge in [0.25, 0.3) is 0 Å². The third kappa shape index (κ3) is 3.41. The number of fused-ring (bicyclic) bond motifs is 1. The van der Waals surface area contributed by atoms with Gasteiger partial charge in [0.15, 0.2) is 0 Å². The smallest absolute Gasteiger partial charge is 0.744 e. The Bertz CT molecular complexity index is 810. The molecule has 1 heterocycles. The van der Waals surface area contributed by atoms with E-state index in [9.17, 15) is 30.9 Å². The van der Waals surface area contributed by atoms with Gasteiger partial charge in [-0.15, -0.1) is 0 Å². The molecule has 0 atom stereocenters. The zero-order valence-electron chi connectivity index (χ0n) is 9.89. The Kier molecular flexibility index (Phi) is 4.72. The van der Waals surface area contributed by atoms with E-state index in [1.807, 2.05) is 0 Å². The molecule has 0 aliphatic heterocycles. The summed E-state index contributed by atoms with van der Waals surface area (Å²) in [6.45, 7) is 0. The molecule has 20 heavy (non-hydrogen) atoms. The maximum Gasteiger partial charge on any atom is 1.00 e. The normalized spacial score (nSPS) is 12.2. The second kappa shape index (κ2) is 5.49. The summed E-state index contributed by atoms with van der Waals surface area (Å²) < 4.78 is 75.0. The van der Waals surface area contributed by atoms with Crippen molar-refractivity contribution in [1.29, 1.82) is 0 Å². The molecule has 0 radical (unpaired) electrons. The van der Waals surface area contributed by atoms with Gasteiger partial charge in [0.05, 0.1) is 10.5 Å². The molecule has 0 fully saturated rings. The van der Waals surface area contributed by atoms with E-state index in [0.717, 1.165) is 12.1 Å². The van der Waals surface area contributed by atoms with E-state index >= 15 is 0 Å². The number of hydrogen-bond donors (Lipinski definition) is 0. The Balaban J connectivity index is 0.00000200. The van der Waals surface area contributed by atoms with Crippen LogP contribution in [0.4, 0.5) is 13.2 Å². The molecule has 10 heteroatoms. The predicted octanol–water partition coefficient (Wildman–Crippen LogP) is -1.28. The molecule has 1 aromatic carbocycles. The first-order chi connectivity index (χ1) is 8.59. The number of hydrogen-bond acceptors (Lipinski definition) is 5. The van der Waals surface area contributed by atoms with Gasteiger partial charge in [0.2, 0.25) is 0 Å². The van der Waals surface area contributed by atoms with Crippen molar-refractivity contribution in [2.45, 2.75) is 11.1 Å². The largest absolute Gasteiger partial charge is 1.00 e. The molecule has 0 spiro atoms. The number of benzene rings is 1. The maximum absolute atomic E-state index is 12.7. The van der Waals surface area contributed by atoms with Crippen LogP contribution in [0.3, 0.4) is 0 Å². The Morgan fingerprint density at radius 1 is 1.15 bits per heavy atom. The van der Waals surface area contributed by atoms with Crippen molar-refractivity contribution < 1.29 is 60.1 Å². The van der Waals surface area contributed by atoms with E-state index < -0.39 is 43.3 Å². The molecule has 0 aliphatic rings. The van der Waals surface area contributed by atoms with Crippen LogP contribution in [0.25, 0.3) is 11.0 Å². The van der Waals surface area contributed by atoms with Crippen molar-refractivity contribution in [2.24, 2.45) is 0 Å². The quantitative estimate of drug-likeness (QED) is 0.371. The van der Waals surface area contributed by atoms with E-state index in [0.29, 0.717) is 6.07 Å². The molecule has 1 aromatic heterocycles. The zero-order chi connectivity index (χ0) is 14.4. The van der Waals surface area contributed by atoms with Crippen LogP contribution in [0, 0.1) is 0 Å². The Labute approximate surface area is 132 Å². The molecular weight excluding hydrogens is 312 g/mol. The number of rotatable bonds is 1. The predicted molar refractivity (Wildman–Crippen MR) is 55.4 cm³/mol. The summed E-state index contributed by atoms with van der Waals surface area (Å²) in [4.78, 5) is 10.2. The Morgan fingerprint density at radius 3 is 2.25 bits per heavy atom. The summed E-state index contributed by atoms with van der Waals surface area (Å²) in [6.07, 6.45) is -4.88. The molecule has 0 aliphatic carbocycles. The summed E-state index contributed by atoms with van der Waals surface area (Å²) in [7, 11) is -4.90. The van der Waals surface area contributed by atoms with E-state index in [2.05, 4.69) is 4.42 Å². The molecule has 0 amide bonds. The molecule has 0 saturated carbocycles. The average molecular weight is 316 g/mol. The summed E-state index contributed by atoms with van der Waals surface area (Å²) in [6, 6.07) is 2.33. The van der Waals surface area contributed by atoms with Crippen LogP contribution in [-0.2, 0) is 16.3 Å². The minimum absolute atomic E-state index is 0. The first-order valence-corrected chi connectivity index (χ1v) is 6.11. The third-order valence-electron chi connectivity index (χ3n) is 2.31. The van der Waals surface area contributed by atoms with E-state index in [4.69, 9.17) is 0 Å². The maximum atomic E-state index is 12.7. The molecule has 2 rings (SSSR count). The van der Waals surface area contributed by atoms with Gasteiger partial charge in [-0.1, -0.05) is 0 Å². The third-order valence-corrected chi connectivity index (χ3v) is 3.14. The van der Waals surface area contributed by atoms with Crippen molar-refractivity contribution in [3.05, 3.63) is 40.2 Å². The van der Waals surface area contributed by atoms with Crippen molar-refractivity contribution in [3.63, 3.8) is 0 Å². The molecule has 0 unspecified atom stereocenters. The molecule has 0 bridgehead atoms. The fraction of sp³-hybridized carbons (Fsp3) is 0.100. The molecular formula is C10H4F3NaO5S. The monoisotopic (exact) mass is 316 g/mol. The van der Waals surface area contributed by atoms with E-state index in [-0.39, 0.29) is 35.6 Å². The Hall–Kier alpha value is -0.870. The molecule has 102 valence electrons. The van der Waals surface area contributed by atoms with Gasteiger partial charge < -0.3 is 8.97 Å². The van der Waals surface area contributed by atoms with E-state index in [1.54, 1.807) is 0 Å². The van der Waals surface area contributed by atoms with Crippen LogP contribution in [0.5, 0.6) is 0 Å². The van der Waals surface area contributed by atoms with Crippen molar-refractivity contribution in [2.75, 3.05) is 0 Å². The molecule has 2 aromatic rings. The fourth-order valence-electron chi connectivity index (χ4n) is 1.53. The molecule has 0 N–H and O–H groups in total. The second-order valence-electron chi connectivity index (χ2n) is 3.59. The van der Waals surface area contributed by atoms with Crippen molar-refractivity contribution in [1.82, 2.24) is 0 Å². The Morgan fingerprint density at radius 2 is 1.75 bits per heavy atom. The zero-order valence-corrected chi connectivity index (χ0v) is 12.7. The topological polar surface area (TPSA) is 87.4 Å². The summed E-state index contributed by atoms with van der Waals surface area (Å²) in [5.41, 5.74) is -3.03. The summed E-state index contributed by atoms with van der Waals surface area (Å²) in [5, 5.41) is -0.663. The van der Waals surface area contributed by atoms with Crippen molar-refractivity contribution >= 4 is 21.1 Å². The average Bonchev–Trinajstić information content (AvgIpc) is 2.24. The van der Waals surface area contributed by atoms with Gasteiger partial charge >= 0.3 is 41.4 Å². The number of halogens is 3. The standard InChI is InChI=1S/C10H5F3O5S.Na/c11-10(12,13)7-4-9(14)18-8-2-1-5(3-6(7)8)19(15,16)17;/h1-4H,(H,15,16,17);/q;+1/p-1. The SMILES string of the molecule is O=c1cc(C(F)(F)F)c2cc(S(=O)(=O)[O-])ccc2o1.[Na+]. The van der Waals surface area contributed by atoms with Gasteiger partial charge in [0, 0.05) is 11.5 Å². The van der Waals surface area contributed by atoms with Gasteiger partial charge in [-0.05, 0) is 18.2 Å². The van der Waals surface area contributed by atoms with Gasteiger partial charge in [-0.25, -0.2) is 13.2 Å². The summed E-state index contributed by atoms with van der Waals surface area (Å²) >= 11 is 0. The molecule has 5 nitrogen and oxygen atoms in total. The first-order valence-electron chi connectivity index (χ1n) is 4.70. The minimum atomic E-state index is -4.90. The summed E-state index contributed by atoms with van der Waals surface area (Å²) in [5.74, 6) is 0. The van der Waals surface area contributed by atoms with Crippen LogP contribution in [0.2, 0.25) is 0 Å². The number of alkyl halides is 3. The molecule has 0 saturated heterocycles. The van der Waals surface area contributed by atoms with Crippen LogP contribution < -0.4 is 35.2 Å². The van der Waals surface area contributed by atoms with Crippen LogP contribution in [0.1, 0.15) is 5.56 Å². The van der Waals surface area contributed by atoms with E-state index in [1.165, 1.54) is 0 Å². The van der Waals surface area contributed by atoms with Gasteiger partial charge in [-0.2, -0.15) is 13.2 Å². The van der Waals surface area contributed by atoms with Crippen LogP contribution >= 0.6 is 0 Å². The van der Waals surface area contributed by atoms with Gasteiger partial charge in [-0.3, -0.25) is 0 Å². The van der Waals surface area contributed by atoms with Crippen LogP contribution in [-0.4, -0.2) is 13.0 Å². The minimum Gasteiger partial charge on any atom is -0.744 e. The van der Waals surface area contributed by atoms with Crippen molar-refractivity contribution in [3.8, 4) is 0 Å². The first kappa shape index (κ1) is 17.2. The van der Waals surface area contributed by atoms with Gasteiger partial charge in [0.1, 0.15) is 15.7 Å². The van der Waals surface area contributed by atoms with Crippen LogP contribution in [0.15, 0.2) is 38.4 Å². The fourth-order valence-corrected chi connectivity index (χ4v) is 2.03.